The Bertz CT molecular complexity index is 1080. The van der Waals surface area contributed by atoms with Gasteiger partial charge >= 0.3 is 5.97 Å². The van der Waals surface area contributed by atoms with Gasteiger partial charge in [-0.25, -0.2) is 9.18 Å². The highest BCUT2D eigenvalue weighted by molar-refractivity contribution is 5.92. The Kier molecular flexibility index (Phi) is 6.34. The Morgan fingerprint density at radius 2 is 1.72 bits per heavy atom. The van der Waals surface area contributed by atoms with Gasteiger partial charge in [0, 0.05) is 17.0 Å². The van der Waals surface area contributed by atoms with E-state index in [2.05, 4.69) is 0 Å². The Hall–Kier alpha value is -3.54. The summed E-state index contributed by atoms with van der Waals surface area (Å²) in [7, 11) is 0. The van der Waals surface area contributed by atoms with Crippen LogP contribution in [0.25, 0.3) is 16.8 Å². The van der Waals surface area contributed by atoms with E-state index in [9.17, 15) is 18.0 Å². The van der Waals surface area contributed by atoms with E-state index >= 15 is 0 Å². The zero-order valence-corrected chi connectivity index (χ0v) is 15.5. The van der Waals surface area contributed by atoms with E-state index in [4.69, 9.17) is 9.47 Å². The minimum absolute atomic E-state index is 0.155. The summed E-state index contributed by atoms with van der Waals surface area (Å²) in [5, 5.41) is 0.583. The van der Waals surface area contributed by atoms with Crippen molar-refractivity contribution >= 4 is 22.8 Å². The van der Waals surface area contributed by atoms with Crippen LogP contribution >= 0.6 is 0 Å². The van der Waals surface area contributed by atoms with Crippen molar-refractivity contribution in [3.8, 4) is 11.5 Å². The standard InChI is InChI=1S/C23H17F3O3/c1-2-3-12-28-18-8-6-15(7-9-18)23(27)29-19-10-11-20-16(13-19)4-5-17(22(20)26)14-21(24)25/h2-11,13-14H,12H2,1H3. The number of hydrogen-bond donors (Lipinski definition) is 0. The Labute approximate surface area is 165 Å². The van der Waals surface area contributed by atoms with Crippen LogP contribution in [0, 0.1) is 5.82 Å². The second-order valence-corrected chi connectivity index (χ2v) is 6.08. The number of esters is 1. The maximum absolute atomic E-state index is 14.3. The summed E-state index contributed by atoms with van der Waals surface area (Å²) in [6, 6.07) is 13.5. The SMILES string of the molecule is CC=CCOc1ccc(C(=O)Oc2ccc3c(F)c(C=C(F)F)ccc3c2)cc1. The molecule has 0 aliphatic heterocycles. The molecule has 0 amide bonds. The lowest BCUT2D eigenvalue weighted by atomic mass is 10.1. The van der Waals surface area contributed by atoms with Crippen molar-refractivity contribution in [1.82, 2.24) is 0 Å². The first-order chi connectivity index (χ1) is 14.0. The zero-order chi connectivity index (χ0) is 20.8. The lowest BCUT2D eigenvalue weighted by molar-refractivity contribution is 0.0735. The summed E-state index contributed by atoms with van der Waals surface area (Å²) in [4.78, 5) is 12.3. The highest BCUT2D eigenvalue weighted by Crippen LogP contribution is 2.27. The lowest BCUT2D eigenvalue weighted by Gasteiger charge is -2.08. The number of ether oxygens (including phenoxy) is 2. The van der Waals surface area contributed by atoms with Crippen LogP contribution in [0.1, 0.15) is 22.8 Å². The Morgan fingerprint density at radius 3 is 2.41 bits per heavy atom. The fraction of sp³-hybridized carbons (Fsp3) is 0.0870. The van der Waals surface area contributed by atoms with Gasteiger partial charge in [0.15, 0.2) is 0 Å². The minimum Gasteiger partial charge on any atom is -0.490 e. The van der Waals surface area contributed by atoms with E-state index < -0.39 is 17.9 Å². The number of allylic oxidation sites excluding steroid dienone is 1. The van der Waals surface area contributed by atoms with Gasteiger partial charge in [0.1, 0.15) is 23.9 Å². The van der Waals surface area contributed by atoms with Crippen molar-refractivity contribution < 1.29 is 27.4 Å². The number of benzene rings is 3. The molecule has 0 heterocycles. The maximum Gasteiger partial charge on any atom is 0.343 e. The van der Waals surface area contributed by atoms with Crippen molar-refractivity contribution in [3.05, 3.63) is 89.8 Å². The van der Waals surface area contributed by atoms with Crippen molar-refractivity contribution in [1.29, 1.82) is 0 Å². The van der Waals surface area contributed by atoms with Gasteiger partial charge in [-0.05, 0) is 54.8 Å². The highest BCUT2D eigenvalue weighted by Gasteiger charge is 2.12. The molecule has 0 radical (unpaired) electrons. The monoisotopic (exact) mass is 398 g/mol. The van der Waals surface area contributed by atoms with Crippen molar-refractivity contribution in [2.45, 2.75) is 6.92 Å². The highest BCUT2D eigenvalue weighted by atomic mass is 19.3. The van der Waals surface area contributed by atoms with Gasteiger partial charge in [0.2, 0.25) is 0 Å². The van der Waals surface area contributed by atoms with Gasteiger partial charge in [0.05, 0.1) is 5.56 Å². The first kappa shape index (κ1) is 20.2. The molecule has 148 valence electrons. The predicted octanol–water partition coefficient (Wildman–Crippen LogP) is 6.39. The molecule has 0 aliphatic carbocycles. The molecule has 0 aromatic heterocycles. The molecule has 3 aromatic carbocycles. The van der Waals surface area contributed by atoms with Crippen molar-refractivity contribution in [2.75, 3.05) is 6.61 Å². The normalized spacial score (nSPS) is 10.9. The van der Waals surface area contributed by atoms with E-state index in [1.165, 1.54) is 30.3 Å². The minimum atomic E-state index is -1.98. The average molecular weight is 398 g/mol. The van der Waals surface area contributed by atoms with Crippen LogP contribution in [-0.4, -0.2) is 12.6 Å². The number of hydrogen-bond acceptors (Lipinski definition) is 3. The molecule has 29 heavy (non-hydrogen) atoms. The molecule has 0 atom stereocenters. The molecule has 0 saturated carbocycles. The maximum atomic E-state index is 14.3. The fourth-order valence-electron chi connectivity index (χ4n) is 2.67. The van der Waals surface area contributed by atoms with E-state index in [0.717, 1.165) is 0 Å². The fourth-order valence-corrected chi connectivity index (χ4v) is 2.67. The molecule has 3 rings (SSSR count). The summed E-state index contributed by atoms with van der Waals surface area (Å²) >= 11 is 0. The van der Waals surface area contributed by atoms with Crippen LogP contribution in [0.4, 0.5) is 13.2 Å². The quantitative estimate of drug-likeness (QED) is 0.274. The molecular formula is C23H17F3O3. The third-order valence-corrected chi connectivity index (χ3v) is 4.10. The summed E-state index contributed by atoms with van der Waals surface area (Å²) in [5.41, 5.74) is 0.118. The van der Waals surface area contributed by atoms with Crippen LogP contribution in [-0.2, 0) is 0 Å². The van der Waals surface area contributed by atoms with Crippen molar-refractivity contribution in [3.63, 3.8) is 0 Å². The van der Waals surface area contributed by atoms with Gasteiger partial charge in [-0.2, -0.15) is 8.78 Å². The first-order valence-electron chi connectivity index (χ1n) is 8.79. The summed E-state index contributed by atoms with van der Waals surface area (Å²) in [6.07, 6.45) is 2.22. The van der Waals surface area contributed by atoms with Gasteiger partial charge in [0.25, 0.3) is 6.08 Å². The molecule has 0 spiro atoms. The Morgan fingerprint density at radius 1 is 1.00 bits per heavy atom. The molecule has 0 N–H and O–H groups in total. The number of carbonyl (C=O) groups excluding carboxylic acids is 1. The number of fused-ring (bicyclic) bond motifs is 1. The molecule has 6 heteroatoms. The smallest absolute Gasteiger partial charge is 0.343 e. The molecule has 0 saturated heterocycles. The molecule has 0 unspecified atom stereocenters. The van der Waals surface area contributed by atoms with Crippen molar-refractivity contribution in [2.24, 2.45) is 0 Å². The van der Waals surface area contributed by atoms with Crippen LogP contribution < -0.4 is 9.47 Å². The van der Waals surface area contributed by atoms with Crippen LogP contribution in [0.5, 0.6) is 11.5 Å². The van der Waals surface area contributed by atoms with E-state index in [1.54, 1.807) is 24.3 Å². The van der Waals surface area contributed by atoms with Gasteiger partial charge in [-0.3, -0.25) is 0 Å². The predicted molar refractivity (Wildman–Crippen MR) is 106 cm³/mol. The number of carbonyl (C=O) groups is 1. The van der Waals surface area contributed by atoms with Gasteiger partial charge < -0.3 is 9.47 Å². The summed E-state index contributed by atoms with van der Waals surface area (Å²) in [6.45, 7) is 2.33. The third-order valence-electron chi connectivity index (χ3n) is 4.10. The largest absolute Gasteiger partial charge is 0.490 e. The van der Waals surface area contributed by atoms with Crippen LogP contribution in [0.15, 0.2) is 72.8 Å². The second kappa shape index (κ2) is 9.10. The molecule has 0 fully saturated rings. The molecular weight excluding hydrogens is 381 g/mol. The molecule has 3 aromatic rings. The average Bonchev–Trinajstić information content (AvgIpc) is 2.70. The van der Waals surface area contributed by atoms with Gasteiger partial charge in [-0.1, -0.05) is 24.3 Å². The number of halogens is 3. The topological polar surface area (TPSA) is 35.5 Å². The van der Waals surface area contributed by atoms with E-state index in [0.29, 0.717) is 29.4 Å². The van der Waals surface area contributed by atoms with Gasteiger partial charge in [-0.15, -0.1) is 0 Å². The first-order valence-corrected chi connectivity index (χ1v) is 8.79. The summed E-state index contributed by atoms with van der Waals surface area (Å²) in [5.74, 6) is -0.503. The van der Waals surface area contributed by atoms with Crippen LogP contribution in [0.3, 0.4) is 0 Å². The van der Waals surface area contributed by atoms with Crippen LogP contribution in [0.2, 0.25) is 0 Å². The van der Waals surface area contributed by atoms with E-state index in [1.807, 2.05) is 19.1 Å². The third kappa shape index (κ3) is 5.04. The molecule has 0 aliphatic rings. The zero-order valence-electron chi connectivity index (χ0n) is 15.5. The molecule has 0 bridgehead atoms. The molecule has 3 nitrogen and oxygen atoms in total. The van der Waals surface area contributed by atoms with E-state index in [-0.39, 0.29) is 16.7 Å². The lowest BCUT2D eigenvalue weighted by Crippen LogP contribution is -2.08. The Balaban J connectivity index is 1.75. The summed E-state index contributed by atoms with van der Waals surface area (Å²) < 4.78 is 49.9. The second-order valence-electron chi connectivity index (χ2n) is 6.08. The number of rotatable bonds is 6.